The molecule has 3 aromatic carbocycles. The molecule has 0 unspecified atom stereocenters. The Kier molecular flexibility index (Phi) is 10.5. The summed E-state index contributed by atoms with van der Waals surface area (Å²) in [6, 6.07) is 29.2. The van der Waals surface area contributed by atoms with Gasteiger partial charge < -0.3 is 4.90 Å². The van der Waals surface area contributed by atoms with E-state index in [0.29, 0.717) is 12.8 Å². The smallest absolute Gasteiger partial charge is 0.234 e. The summed E-state index contributed by atoms with van der Waals surface area (Å²) in [5.41, 5.74) is 6.96. The minimum Gasteiger partial charge on any atom is -0.303 e. The fourth-order valence-corrected chi connectivity index (χ4v) is 6.38. The highest BCUT2D eigenvalue weighted by atomic mass is 32.2. The molecule has 5 nitrogen and oxygen atoms in total. The maximum atomic E-state index is 12.4. The monoisotopic (exact) mass is 544 g/mol. The van der Waals surface area contributed by atoms with Crippen molar-refractivity contribution in [3.05, 3.63) is 107 Å². The predicted molar refractivity (Wildman–Crippen MR) is 161 cm³/mol. The van der Waals surface area contributed by atoms with E-state index in [9.17, 15) is 13.2 Å². The summed E-state index contributed by atoms with van der Waals surface area (Å²) in [7, 11) is -3.61. The Bertz CT molecular complexity index is 1330. The number of hydrogen-bond donors (Lipinski definition) is 1. The van der Waals surface area contributed by atoms with Crippen LogP contribution in [0.15, 0.2) is 84.9 Å². The summed E-state index contributed by atoms with van der Waals surface area (Å²) >= 11 is 0. The van der Waals surface area contributed by atoms with Crippen LogP contribution in [0, 0.1) is 0 Å². The molecule has 0 bridgehead atoms. The molecule has 0 aromatic heterocycles. The molecule has 0 radical (unpaired) electrons. The molecule has 1 aliphatic heterocycles. The zero-order valence-electron chi connectivity index (χ0n) is 22.9. The maximum absolute atomic E-state index is 12.4. The SMILES string of the molecule is CC/C(=C(\c1ccccc1)c1ccc(CCC(=O)NS(=O)(=O)CCCN2CCCCC2)cc1)c1ccccc1. The van der Waals surface area contributed by atoms with Crippen LogP contribution in [0.1, 0.15) is 67.7 Å². The Morgan fingerprint density at radius 1 is 0.795 bits per heavy atom. The van der Waals surface area contributed by atoms with Crippen molar-refractivity contribution < 1.29 is 13.2 Å². The minimum atomic E-state index is -3.61. The van der Waals surface area contributed by atoms with E-state index in [0.717, 1.165) is 42.7 Å². The van der Waals surface area contributed by atoms with E-state index in [1.165, 1.54) is 36.0 Å². The number of rotatable bonds is 12. The summed E-state index contributed by atoms with van der Waals surface area (Å²) in [6.45, 7) is 5.03. The first-order valence-corrected chi connectivity index (χ1v) is 15.8. The molecular formula is C33H40N2O3S. The van der Waals surface area contributed by atoms with E-state index in [1.54, 1.807) is 0 Å². The number of benzene rings is 3. The Morgan fingerprint density at radius 2 is 1.38 bits per heavy atom. The lowest BCUT2D eigenvalue weighted by molar-refractivity contribution is -0.119. The van der Waals surface area contributed by atoms with Gasteiger partial charge in [0, 0.05) is 6.42 Å². The van der Waals surface area contributed by atoms with Crippen LogP contribution in [0.2, 0.25) is 0 Å². The van der Waals surface area contributed by atoms with Crippen molar-refractivity contribution in [2.45, 2.75) is 51.9 Å². The van der Waals surface area contributed by atoms with Crippen LogP contribution in [-0.2, 0) is 21.2 Å². The summed E-state index contributed by atoms with van der Waals surface area (Å²) in [5, 5.41) is 0. The number of allylic oxidation sites excluding steroid dienone is 1. The van der Waals surface area contributed by atoms with Crippen LogP contribution in [0.5, 0.6) is 0 Å². The molecule has 1 heterocycles. The van der Waals surface area contributed by atoms with Gasteiger partial charge in [-0.2, -0.15) is 0 Å². The number of sulfonamides is 1. The molecule has 1 fully saturated rings. The average Bonchev–Trinajstić information content (AvgIpc) is 2.96. The molecule has 0 spiro atoms. The number of piperidine rings is 1. The van der Waals surface area contributed by atoms with Gasteiger partial charge in [0.25, 0.3) is 0 Å². The van der Waals surface area contributed by atoms with Crippen molar-refractivity contribution in [3.8, 4) is 0 Å². The molecule has 6 heteroatoms. The number of aryl methyl sites for hydroxylation is 1. The topological polar surface area (TPSA) is 66.5 Å². The van der Waals surface area contributed by atoms with Gasteiger partial charge in [-0.05, 0) is 85.1 Å². The molecule has 0 aliphatic carbocycles. The molecule has 0 atom stereocenters. The third kappa shape index (κ3) is 8.64. The van der Waals surface area contributed by atoms with Crippen molar-refractivity contribution in [2.75, 3.05) is 25.4 Å². The molecule has 206 valence electrons. The lowest BCUT2D eigenvalue weighted by Crippen LogP contribution is -2.35. The first-order valence-electron chi connectivity index (χ1n) is 14.1. The predicted octanol–water partition coefficient (Wildman–Crippen LogP) is 6.31. The molecule has 4 rings (SSSR count). The summed E-state index contributed by atoms with van der Waals surface area (Å²) in [4.78, 5) is 14.7. The summed E-state index contributed by atoms with van der Waals surface area (Å²) in [6.07, 6.45) is 5.68. The number of amides is 1. The third-order valence-corrected chi connectivity index (χ3v) is 8.69. The van der Waals surface area contributed by atoms with Crippen molar-refractivity contribution >= 4 is 27.1 Å². The van der Waals surface area contributed by atoms with Gasteiger partial charge in [-0.25, -0.2) is 8.42 Å². The molecule has 39 heavy (non-hydrogen) atoms. The Morgan fingerprint density at radius 3 is 2.00 bits per heavy atom. The normalized spacial score (nSPS) is 15.0. The third-order valence-electron chi connectivity index (χ3n) is 7.33. The van der Waals surface area contributed by atoms with E-state index in [4.69, 9.17) is 0 Å². The Labute approximate surface area is 234 Å². The van der Waals surface area contributed by atoms with Crippen LogP contribution >= 0.6 is 0 Å². The standard InChI is InChI=1S/C33H40N2O3S/c1-2-31(28-13-6-3-7-14-28)33(29-15-8-4-9-16-29)30-20-17-27(18-21-30)19-22-32(36)34-39(37,38)26-12-25-35-23-10-5-11-24-35/h3-4,6-9,13-18,20-21H,2,5,10-12,19,22-26H2,1H3,(H,34,36)/b33-31-. The lowest BCUT2D eigenvalue weighted by atomic mass is 9.88. The van der Waals surface area contributed by atoms with E-state index < -0.39 is 15.9 Å². The molecular weight excluding hydrogens is 504 g/mol. The second kappa shape index (κ2) is 14.2. The molecule has 1 saturated heterocycles. The van der Waals surface area contributed by atoms with Crippen LogP contribution in [-0.4, -0.2) is 44.6 Å². The highest BCUT2D eigenvalue weighted by Crippen LogP contribution is 2.34. The Hall–Kier alpha value is -3.22. The van der Waals surface area contributed by atoms with Gasteiger partial charge in [0.15, 0.2) is 0 Å². The zero-order chi connectivity index (χ0) is 27.5. The van der Waals surface area contributed by atoms with Crippen LogP contribution in [0.25, 0.3) is 11.1 Å². The summed E-state index contributed by atoms with van der Waals surface area (Å²) < 4.78 is 27.1. The largest absolute Gasteiger partial charge is 0.303 e. The van der Waals surface area contributed by atoms with Gasteiger partial charge in [-0.1, -0.05) is 98.3 Å². The minimum absolute atomic E-state index is 0.0142. The fourth-order valence-electron chi connectivity index (χ4n) is 5.32. The number of hydrogen-bond acceptors (Lipinski definition) is 4. The van der Waals surface area contributed by atoms with Crippen LogP contribution in [0.3, 0.4) is 0 Å². The van der Waals surface area contributed by atoms with Gasteiger partial charge in [-0.3, -0.25) is 9.52 Å². The van der Waals surface area contributed by atoms with Gasteiger partial charge in [0.1, 0.15) is 0 Å². The van der Waals surface area contributed by atoms with Crippen molar-refractivity contribution in [3.63, 3.8) is 0 Å². The average molecular weight is 545 g/mol. The number of carbonyl (C=O) groups is 1. The van der Waals surface area contributed by atoms with E-state index in [-0.39, 0.29) is 12.2 Å². The molecule has 3 aromatic rings. The van der Waals surface area contributed by atoms with Gasteiger partial charge in [0.05, 0.1) is 5.75 Å². The fraction of sp³-hybridized carbons (Fsp3) is 0.364. The van der Waals surface area contributed by atoms with Gasteiger partial charge >= 0.3 is 0 Å². The second-order valence-corrected chi connectivity index (χ2v) is 12.1. The van der Waals surface area contributed by atoms with Gasteiger partial charge in [0.2, 0.25) is 15.9 Å². The number of nitrogens with zero attached hydrogens (tertiary/aromatic N) is 1. The molecule has 1 aliphatic rings. The van der Waals surface area contributed by atoms with Crippen LogP contribution in [0.4, 0.5) is 0 Å². The van der Waals surface area contributed by atoms with Crippen molar-refractivity contribution in [1.82, 2.24) is 9.62 Å². The van der Waals surface area contributed by atoms with E-state index in [1.807, 2.05) is 24.3 Å². The quantitative estimate of drug-likeness (QED) is 0.271. The molecule has 0 saturated carbocycles. The lowest BCUT2D eigenvalue weighted by Gasteiger charge is -2.26. The highest BCUT2D eigenvalue weighted by molar-refractivity contribution is 7.90. The first kappa shape index (κ1) is 28.8. The summed E-state index contributed by atoms with van der Waals surface area (Å²) in [5.74, 6) is -0.459. The molecule has 1 N–H and O–H groups in total. The number of carbonyl (C=O) groups excluding carboxylic acids is 1. The van der Waals surface area contributed by atoms with E-state index in [2.05, 4.69) is 77.2 Å². The number of likely N-dealkylation sites (tertiary alicyclic amines) is 1. The number of nitrogens with one attached hydrogen (secondary N) is 1. The van der Waals surface area contributed by atoms with Crippen molar-refractivity contribution in [2.24, 2.45) is 0 Å². The zero-order valence-corrected chi connectivity index (χ0v) is 23.8. The highest BCUT2D eigenvalue weighted by Gasteiger charge is 2.17. The second-order valence-electron chi connectivity index (χ2n) is 10.2. The Balaban J connectivity index is 1.38. The van der Waals surface area contributed by atoms with Crippen molar-refractivity contribution in [1.29, 1.82) is 0 Å². The maximum Gasteiger partial charge on any atom is 0.234 e. The van der Waals surface area contributed by atoms with Gasteiger partial charge in [-0.15, -0.1) is 0 Å². The molecule has 1 amide bonds. The van der Waals surface area contributed by atoms with Crippen LogP contribution < -0.4 is 4.72 Å². The first-order chi connectivity index (χ1) is 18.9. The van der Waals surface area contributed by atoms with E-state index >= 15 is 0 Å².